The first-order chi connectivity index (χ1) is 8.55. The number of nitrogens with zero attached hydrogens (tertiary/aromatic N) is 2. The third kappa shape index (κ3) is 4.55. The molecule has 0 radical (unpaired) electrons. The molecular formula is C12H10N2NiO3S. The monoisotopic (exact) mass is 320 g/mol. The molecule has 5 nitrogen and oxygen atoms in total. The van der Waals surface area contributed by atoms with Gasteiger partial charge in [0.15, 0.2) is 0 Å². The number of rotatable bonds is 3. The fraction of sp³-hybridized carbons (Fsp3) is 0. The SMILES string of the molecule is O=S(=O)(O)c1ccc(/N=N/c2ccccc2)cc1.[Ni]. The zero-order valence-corrected chi connectivity index (χ0v) is 11.4. The summed E-state index contributed by atoms with van der Waals surface area (Å²) in [5.74, 6) is 0. The van der Waals surface area contributed by atoms with Gasteiger partial charge < -0.3 is 0 Å². The minimum absolute atomic E-state index is 0. The van der Waals surface area contributed by atoms with E-state index in [0.717, 1.165) is 0 Å². The molecule has 0 fully saturated rings. The Kier molecular flexibility index (Phi) is 5.36. The fourth-order valence-corrected chi connectivity index (χ4v) is 1.77. The van der Waals surface area contributed by atoms with Gasteiger partial charge in [0.2, 0.25) is 0 Å². The standard InChI is InChI=1S/C12H10N2O3S.Ni/c15-18(16,17)12-8-6-11(7-9-12)14-13-10-4-2-1-3-5-10;/h1-9H,(H,15,16,17);/b14-13+;. The van der Waals surface area contributed by atoms with Crippen molar-refractivity contribution in [2.45, 2.75) is 4.90 Å². The summed E-state index contributed by atoms with van der Waals surface area (Å²) >= 11 is 0. The van der Waals surface area contributed by atoms with Crippen molar-refractivity contribution in [3.05, 3.63) is 54.6 Å². The van der Waals surface area contributed by atoms with Gasteiger partial charge in [0.25, 0.3) is 10.1 Å². The molecule has 0 aromatic heterocycles. The van der Waals surface area contributed by atoms with Crippen molar-refractivity contribution < 1.29 is 29.5 Å². The van der Waals surface area contributed by atoms with Crippen LogP contribution >= 0.6 is 0 Å². The second-order valence-corrected chi connectivity index (χ2v) is 4.93. The molecule has 0 aliphatic carbocycles. The maximum Gasteiger partial charge on any atom is 0.294 e. The Labute approximate surface area is 121 Å². The predicted octanol–water partition coefficient (Wildman–Crippen LogP) is 3.35. The van der Waals surface area contributed by atoms with Crippen LogP contribution in [0.4, 0.5) is 11.4 Å². The second-order valence-electron chi connectivity index (χ2n) is 3.50. The molecule has 2 aromatic rings. The van der Waals surface area contributed by atoms with E-state index in [1.165, 1.54) is 24.3 Å². The quantitative estimate of drug-likeness (QED) is 0.535. The Bertz CT molecular complexity index is 655. The van der Waals surface area contributed by atoms with Crippen molar-refractivity contribution in [3.63, 3.8) is 0 Å². The number of hydrogen-bond donors (Lipinski definition) is 1. The van der Waals surface area contributed by atoms with E-state index < -0.39 is 10.1 Å². The van der Waals surface area contributed by atoms with Crippen LogP contribution in [0.3, 0.4) is 0 Å². The van der Waals surface area contributed by atoms with Crippen molar-refractivity contribution in [1.82, 2.24) is 0 Å². The van der Waals surface area contributed by atoms with E-state index in [4.69, 9.17) is 4.55 Å². The Morgan fingerprint density at radius 1 is 0.789 bits per heavy atom. The second kappa shape index (κ2) is 6.56. The molecule has 0 spiro atoms. The minimum atomic E-state index is -4.16. The van der Waals surface area contributed by atoms with Crippen molar-refractivity contribution in [3.8, 4) is 0 Å². The van der Waals surface area contributed by atoms with Gasteiger partial charge in [-0.2, -0.15) is 18.6 Å². The van der Waals surface area contributed by atoms with Gasteiger partial charge in [0.1, 0.15) is 0 Å². The average molecular weight is 321 g/mol. The van der Waals surface area contributed by atoms with Gasteiger partial charge in [0.05, 0.1) is 16.3 Å². The molecule has 0 bridgehead atoms. The zero-order valence-electron chi connectivity index (χ0n) is 9.58. The van der Waals surface area contributed by atoms with Crippen molar-refractivity contribution in [1.29, 1.82) is 0 Å². The smallest absolute Gasteiger partial charge is 0.282 e. The van der Waals surface area contributed by atoms with Gasteiger partial charge in [-0.1, -0.05) is 18.2 Å². The Morgan fingerprint density at radius 2 is 1.26 bits per heavy atom. The van der Waals surface area contributed by atoms with Crippen molar-refractivity contribution in [2.24, 2.45) is 10.2 Å². The molecule has 0 unspecified atom stereocenters. The fourth-order valence-electron chi connectivity index (χ4n) is 1.29. The van der Waals surface area contributed by atoms with Gasteiger partial charge in [-0.25, -0.2) is 0 Å². The predicted molar refractivity (Wildman–Crippen MR) is 66.9 cm³/mol. The van der Waals surface area contributed by atoms with Gasteiger partial charge in [-0.05, 0) is 36.4 Å². The van der Waals surface area contributed by atoms with Crippen LogP contribution in [-0.2, 0) is 26.6 Å². The average Bonchev–Trinajstić information content (AvgIpc) is 2.37. The topological polar surface area (TPSA) is 79.1 Å². The Balaban J connectivity index is 0.00000180. The molecule has 1 N–H and O–H groups in total. The largest absolute Gasteiger partial charge is 0.294 e. The van der Waals surface area contributed by atoms with Crippen LogP contribution in [0.25, 0.3) is 0 Å². The summed E-state index contributed by atoms with van der Waals surface area (Å²) in [5.41, 5.74) is 1.21. The van der Waals surface area contributed by atoms with E-state index in [9.17, 15) is 8.42 Å². The number of benzene rings is 2. The molecule has 0 saturated heterocycles. The molecule has 0 saturated carbocycles. The summed E-state index contributed by atoms with van der Waals surface area (Å²) in [7, 11) is -4.16. The molecular weight excluding hydrogens is 311 g/mol. The molecule has 2 rings (SSSR count). The number of hydrogen-bond acceptors (Lipinski definition) is 4. The van der Waals surface area contributed by atoms with Crippen LogP contribution in [-0.4, -0.2) is 13.0 Å². The van der Waals surface area contributed by atoms with E-state index in [-0.39, 0.29) is 21.4 Å². The van der Waals surface area contributed by atoms with E-state index >= 15 is 0 Å². The van der Waals surface area contributed by atoms with Crippen molar-refractivity contribution >= 4 is 21.5 Å². The molecule has 7 heteroatoms. The third-order valence-corrected chi connectivity index (χ3v) is 3.04. The molecule has 19 heavy (non-hydrogen) atoms. The van der Waals surface area contributed by atoms with Gasteiger partial charge in [-0.3, -0.25) is 4.55 Å². The van der Waals surface area contributed by atoms with E-state index in [0.29, 0.717) is 11.4 Å². The first kappa shape index (κ1) is 15.5. The molecule has 0 amide bonds. The van der Waals surface area contributed by atoms with Crippen LogP contribution in [0.5, 0.6) is 0 Å². The molecule has 2 aromatic carbocycles. The summed E-state index contributed by atoms with van der Waals surface area (Å²) < 4.78 is 30.5. The van der Waals surface area contributed by atoms with Gasteiger partial charge in [-0.15, -0.1) is 0 Å². The summed E-state index contributed by atoms with van der Waals surface area (Å²) in [4.78, 5) is -0.166. The first-order valence-electron chi connectivity index (χ1n) is 5.10. The first-order valence-corrected chi connectivity index (χ1v) is 6.54. The Morgan fingerprint density at radius 3 is 1.74 bits per heavy atom. The summed E-state index contributed by atoms with van der Waals surface area (Å²) in [5, 5.41) is 7.93. The number of azo groups is 1. The van der Waals surface area contributed by atoms with Gasteiger partial charge >= 0.3 is 0 Å². The molecule has 0 heterocycles. The zero-order chi connectivity index (χ0) is 13.0. The third-order valence-electron chi connectivity index (χ3n) is 2.17. The van der Waals surface area contributed by atoms with Crippen LogP contribution in [0.2, 0.25) is 0 Å². The summed E-state index contributed by atoms with van der Waals surface area (Å²) in [6, 6.07) is 14.6. The minimum Gasteiger partial charge on any atom is -0.282 e. The van der Waals surface area contributed by atoms with E-state index in [1.54, 1.807) is 12.1 Å². The molecule has 102 valence electrons. The van der Waals surface area contributed by atoms with Gasteiger partial charge in [0, 0.05) is 16.5 Å². The summed E-state index contributed by atoms with van der Waals surface area (Å²) in [6.07, 6.45) is 0. The van der Waals surface area contributed by atoms with Crippen LogP contribution < -0.4 is 0 Å². The van der Waals surface area contributed by atoms with Crippen LogP contribution in [0.15, 0.2) is 69.7 Å². The van der Waals surface area contributed by atoms with Crippen molar-refractivity contribution in [2.75, 3.05) is 0 Å². The van der Waals surface area contributed by atoms with E-state index in [2.05, 4.69) is 10.2 Å². The maximum absolute atomic E-state index is 10.8. The molecule has 0 aliphatic rings. The molecule has 0 aliphatic heterocycles. The van der Waals surface area contributed by atoms with Crippen LogP contribution in [0.1, 0.15) is 0 Å². The summed E-state index contributed by atoms with van der Waals surface area (Å²) in [6.45, 7) is 0. The molecule has 0 atom stereocenters. The Hall–Kier alpha value is -1.56. The maximum atomic E-state index is 10.8. The van der Waals surface area contributed by atoms with E-state index in [1.807, 2.05) is 18.2 Å². The normalized spacial score (nSPS) is 11.2. The van der Waals surface area contributed by atoms with Crippen LogP contribution in [0, 0.1) is 0 Å².